The molecular weight excluding hydrogens is 242 g/mol. The number of rotatable bonds is 4. The van der Waals surface area contributed by atoms with Gasteiger partial charge in [-0.25, -0.2) is 4.68 Å². The molecule has 0 radical (unpaired) electrons. The van der Waals surface area contributed by atoms with E-state index in [1.807, 2.05) is 31.2 Å². The van der Waals surface area contributed by atoms with Gasteiger partial charge in [0.15, 0.2) is 0 Å². The molecule has 0 saturated carbocycles. The third-order valence-corrected chi connectivity index (χ3v) is 2.99. The highest BCUT2D eigenvalue weighted by atomic mass is 16.5. The maximum Gasteiger partial charge on any atom is 0.254 e. The van der Waals surface area contributed by atoms with Crippen molar-refractivity contribution in [2.45, 2.75) is 13.3 Å². The van der Waals surface area contributed by atoms with E-state index in [1.165, 1.54) is 0 Å². The van der Waals surface area contributed by atoms with Gasteiger partial charge in [-0.3, -0.25) is 4.79 Å². The minimum atomic E-state index is -0.114. The number of amides is 1. The second-order valence-electron chi connectivity index (χ2n) is 4.05. The predicted octanol–water partition coefficient (Wildman–Crippen LogP) is 1.80. The summed E-state index contributed by atoms with van der Waals surface area (Å²) in [5, 5.41) is 6.92. The van der Waals surface area contributed by atoms with Crippen molar-refractivity contribution >= 4 is 5.91 Å². The van der Waals surface area contributed by atoms with Gasteiger partial charge in [0.25, 0.3) is 5.91 Å². The first-order valence-corrected chi connectivity index (χ1v) is 6.14. The summed E-state index contributed by atoms with van der Waals surface area (Å²) in [5.74, 6) is 0.678. The van der Waals surface area contributed by atoms with Crippen LogP contribution in [0.4, 0.5) is 0 Å². The Bertz CT molecular complexity index is 573. The number of hydrogen-bond donors (Lipinski definition) is 1. The normalized spacial score (nSPS) is 10.3. The van der Waals surface area contributed by atoms with Gasteiger partial charge in [0.2, 0.25) is 0 Å². The average Bonchev–Trinajstić information content (AvgIpc) is 2.90. The molecule has 0 fully saturated rings. The summed E-state index contributed by atoms with van der Waals surface area (Å²) in [6, 6.07) is 7.57. The van der Waals surface area contributed by atoms with Crippen LogP contribution in [-0.4, -0.2) is 29.8 Å². The summed E-state index contributed by atoms with van der Waals surface area (Å²) < 4.78 is 6.91. The van der Waals surface area contributed by atoms with Gasteiger partial charge < -0.3 is 10.1 Å². The zero-order chi connectivity index (χ0) is 13.8. The molecule has 0 saturated heterocycles. The van der Waals surface area contributed by atoms with Crippen LogP contribution in [0, 0.1) is 0 Å². The number of carbonyl (C=O) groups excluding carboxylic acids is 1. The lowest BCUT2D eigenvalue weighted by Gasteiger charge is -2.08. The number of ether oxygens (including phenoxy) is 1. The van der Waals surface area contributed by atoms with E-state index >= 15 is 0 Å². The molecule has 0 unspecified atom stereocenters. The molecule has 0 atom stereocenters. The van der Waals surface area contributed by atoms with Crippen molar-refractivity contribution in [3.63, 3.8) is 0 Å². The van der Waals surface area contributed by atoms with Crippen LogP contribution in [0.5, 0.6) is 5.75 Å². The quantitative estimate of drug-likeness (QED) is 0.911. The third kappa shape index (κ3) is 2.45. The van der Waals surface area contributed by atoms with Crippen LogP contribution >= 0.6 is 0 Å². The summed E-state index contributed by atoms with van der Waals surface area (Å²) in [5.41, 5.74) is 2.41. The molecular formula is C14H17N3O2. The zero-order valence-corrected chi connectivity index (χ0v) is 11.3. The van der Waals surface area contributed by atoms with Gasteiger partial charge >= 0.3 is 0 Å². The Morgan fingerprint density at radius 2 is 2.05 bits per heavy atom. The molecule has 5 heteroatoms. The maximum absolute atomic E-state index is 11.8. The van der Waals surface area contributed by atoms with Crippen LogP contribution in [0.25, 0.3) is 5.69 Å². The van der Waals surface area contributed by atoms with Crippen molar-refractivity contribution in [1.82, 2.24) is 15.1 Å². The van der Waals surface area contributed by atoms with E-state index in [4.69, 9.17) is 4.74 Å². The number of carbonyl (C=O) groups is 1. The van der Waals surface area contributed by atoms with Crippen molar-refractivity contribution < 1.29 is 9.53 Å². The fraction of sp³-hybridized carbons (Fsp3) is 0.286. The number of benzene rings is 1. The first-order chi connectivity index (χ1) is 9.21. The highest BCUT2D eigenvalue weighted by molar-refractivity contribution is 5.95. The number of aromatic nitrogens is 2. The summed E-state index contributed by atoms with van der Waals surface area (Å²) in [4.78, 5) is 11.8. The van der Waals surface area contributed by atoms with Gasteiger partial charge in [0.1, 0.15) is 5.75 Å². The van der Waals surface area contributed by atoms with E-state index in [9.17, 15) is 4.79 Å². The third-order valence-electron chi connectivity index (χ3n) is 2.99. The van der Waals surface area contributed by atoms with Crippen LogP contribution in [0.2, 0.25) is 0 Å². The largest absolute Gasteiger partial charge is 0.497 e. The smallest absolute Gasteiger partial charge is 0.254 e. The Balaban J connectivity index is 2.44. The maximum atomic E-state index is 11.8. The molecule has 0 bridgehead atoms. The molecule has 1 aromatic heterocycles. The van der Waals surface area contributed by atoms with Crippen LogP contribution in [0.3, 0.4) is 0 Å². The zero-order valence-electron chi connectivity index (χ0n) is 11.3. The molecule has 19 heavy (non-hydrogen) atoms. The van der Waals surface area contributed by atoms with Crippen molar-refractivity contribution in [1.29, 1.82) is 0 Å². The second kappa shape index (κ2) is 5.56. The molecule has 5 nitrogen and oxygen atoms in total. The lowest BCUT2D eigenvalue weighted by molar-refractivity contribution is 0.0962. The molecule has 1 amide bonds. The van der Waals surface area contributed by atoms with Crippen LogP contribution in [-0.2, 0) is 6.42 Å². The van der Waals surface area contributed by atoms with E-state index in [2.05, 4.69) is 10.4 Å². The second-order valence-corrected chi connectivity index (χ2v) is 4.05. The molecule has 1 heterocycles. The fourth-order valence-electron chi connectivity index (χ4n) is 1.98. The number of nitrogens with zero attached hydrogens (tertiary/aromatic N) is 2. The molecule has 100 valence electrons. The Morgan fingerprint density at radius 3 is 2.58 bits per heavy atom. The van der Waals surface area contributed by atoms with Crippen molar-refractivity contribution in [3.8, 4) is 11.4 Å². The monoisotopic (exact) mass is 259 g/mol. The van der Waals surface area contributed by atoms with Gasteiger partial charge in [0.05, 0.1) is 30.3 Å². The summed E-state index contributed by atoms with van der Waals surface area (Å²) >= 11 is 0. The molecule has 2 aromatic rings. The molecule has 0 aliphatic heterocycles. The minimum absolute atomic E-state index is 0.114. The molecule has 1 aromatic carbocycles. The SMILES string of the molecule is CCc1c(C(=O)NC)cnn1-c1ccc(OC)cc1. The highest BCUT2D eigenvalue weighted by Gasteiger charge is 2.15. The van der Waals surface area contributed by atoms with Crippen LogP contribution in [0.15, 0.2) is 30.5 Å². The molecule has 2 rings (SSSR count). The van der Waals surface area contributed by atoms with Crippen molar-refractivity contribution in [3.05, 3.63) is 41.7 Å². The molecule has 0 aliphatic carbocycles. The van der Waals surface area contributed by atoms with Gasteiger partial charge in [0, 0.05) is 7.05 Å². The lowest BCUT2D eigenvalue weighted by atomic mass is 10.2. The fourth-order valence-corrected chi connectivity index (χ4v) is 1.98. The lowest BCUT2D eigenvalue weighted by Crippen LogP contribution is -2.19. The van der Waals surface area contributed by atoms with E-state index in [1.54, 1.807) is 25.0 Å². The van der Waals surface area contributed by atoms with Gasteiger partial charge in [-0.1, -0.05) is 6.92 Å². The number of nitrogens with one attached hydrogen (secondary N) is 1. The Kier molecular flexibility index (Phi) is 3.85. The predicted molar refractivity (Wildman–Crippen MR) is 72.9 cm³/mol. The minimum Gasteiger partial charge on any atom is -0.497 e. The van der Waals surface area contributed by atoms with E-state index in [0.717, 1.165) is 23.6 Å². The van der Waals surface area contributed by atoms with E-state index in [-0.39, 0.29) is 5.91 Å². The topological polar surface area (TPSA) is 56.2 Å². The molecule has 0 spiro atoms. The molecule has 0 aliphatic rings. The number of methoxy groups -OCH3 is 1. The summed E-state index contributed by atoms with van der Waals surface area (Å²) in [7, 11) is 3.25. The van der Waals surface area contributed by atoms with Gasteiger partial charge in [-0.05, 0) is 30.7 Å². The molecule has 1 N–H and O–H groups in total. The summed E-state index contributed by atoms with van der Waals surface area (Å²) in [6.07, 6.45) is 2.33. The Labute approximate surface area is 112 Å². The highest BCUT2D eigenvalue weighted by Crippen LogP contribution is 2.18. The van der Waals surface area contributed by atoms with Gasteiger partial charge in [-0.15, -0.1) is 0 Å². The Hall–Kier alpha value is -2.30. The summed E-state index contributed by atoms with van der Waals surface area (Å²) in [6.45, 7) is 2.00. The van der Waals surface area contributed by atoms with E-state index < -0.39 is 0 Å². The van der Waals surface area contributed by atoms with Crippen molar-refractivity contribution in [2.75, 3.05) is 14.2 Å². The first-order valence-electron chi connectivity index (χ1n) is 6.14. The van der Waals surface area contributed by atoms with Crippen LogP contribution in [0.1, 0.15) is 23.0 Å². The first kappa shape index (κ1) is 13.1. The van der Waals surface area contributed by atoms with Crippen molar-refractivity contribution in [2.24, 2.45) is 0 Å². The number of hydrogen-bond acceptors (Lipinski definition) is 3. The average molecular weight is 259 g/mol. The van der Waals surface area contributed by atoms with E-state index in [0.29, 0.717) is 5.56 Å². The van der Waals surface area contributed by atoms with Crippen LogP contribution < -0.4 is 10.1 Å². The standard InChI is InChI=1S/C14H17N3O2/c1-4-13-12(14(18)15-2)9-16-17(13)10-5-7-11(19-3)8-6-10/h5-9H,4H2,1-3H3,(H,15,18). The Morgan fingerprint density at radius 1 is 1.37 bits per heavy atom. The van der Waals surface area contributed by atoms with Gasteiger partial charge in [-0.2, -0.15) is 5.10 Å².